The molecule has 33 heavy (non-hydrogen) atoms. The number of aliphatic hydroxyl groups is 1. The quantitative estimate of drug-likeness (QED) is 0.223. The molecule has 8 heteroatoms. The van der Waals surface area contributed by atoms with E-state index in [1.165, 1.54) is 12.8 Å². The molecule has 1 saturated carbocycles. The van der Waals surface area contributed by atoms with Gasteiger partial charge in [0.15, 0.2) is 17.5 Å². The summed E-state index contributed by atoms with van der Waals surface area (Å²) in [5, 5.41) is 17.0. The number of ether oxygens (including phenoxy) is 3. The summed E-state index contributed by atoms with van der Waals surface area (Å²) in [6.07, 6.45) is 4.14. The number of aliphatic imine (C=N–C) groups is 1. The summed E-state index contributed by atoms with van der Waals surface area (Å²) in [5.74, 6) is 2.91. The van der Waals surface area contributed by atoms with E-state index in [1.54, 1.807) is 14.2 Å². The van der Waals surface area contributed by atoms with Gasteiger partial charge < -0.3 is 30.0 Å². The van der Waals surface area contributed by atoms with Crippen molar-refractivity contribution >= 4 is 29.9 Å². The van der Waals surface area contributed by atoms with Crippen LogP contribution in [-0.4, -0.2) is 44.5 Å². The Labute approximate surface area is 214 Å². The van der Waals surface area contributed by atoms with Crippen molar-refractivity contribution in [3.8, 4) is 17.2 Å². The number of benzene rings is 2. The molecule has 0 bridgehead atoms. The van der Waals surface area contributed by atoms with Gasteiger partial charge in [-0.2, -0.15) is 0 Å². The predicted octanol–water partition coefficient (Wildman–Crippen LogP) is 4.43. The molecule has 0 spiro atoms. The van der Waals surface area contributed by atoms with E-state index >= 15 is 0 Å². The first kappa shape index (κ1) is 27.0. The maximum Gasteiger partial charge on any atom is 0.191 e. The van der Waals surface area contributed by atoms with Crippen LogP contribution in [0.1, 0.15) is 49.8 Å². The van der Waals surface area contributed by atoms with Crippen molar-refractivity contribution in [3.63, 3.8) is 0 Å². The molecule has 0 heterocycles. The first-order valence-electron chi connectivity index (χ1n) is 11.3. The molecule has 3 N–H and O–H groups in total. The SMILES string of the molecule is CCNC(=NCc1cccc(OC)c1OC1CCCC1)NCC(O)c1ccc(OC)cc1.I. The van der Waals surface area contributed by atoms with Gasteiger partial charge in [0, 0.05) is 18.7 Å². The highest BCUT2D eigenvalue weighted by Gasteiger charge is 2.20. The number of hydrogen-bond donors (Lipinski definition) is 3. The zero-order valence-electron chi connectivity index (χ0n) is 19.7. The van der Waals surface area contributed by atoms with Gasteiger partial charge in [0.2, 0.25) is 0 Å². The van der Waals surface area contributed by atoms with Crippen LogP contribution in [-0.2, 0) is 6.54 Å². The Morgan fingerprint density at radius 2 is 1.79 bits per heavy atom. The van der Waals surface area contributed by atoms with E-state index in [4.69, 9.17) is 19.2 Å². The van der Waals surface area contributed by atoms with Crippen LogP contribution in [0.15, 0.2) is 47.5 Å². The number of rotatable bonds is 10. The van der Waals surface area contributed by atoms with Crippen LogP contribution in [0.3, 0.4) is 0 Å². The van der Waals surface area contributed by atoms with E-state index in [0.29, 0.717) is 25.6 Å². The third-order valence-electron chi connectivity index (χ3n) is 5.58. The lowest BCUT2D eigenvalue weighted by molar-refractivity contribution is 0.180. The average molecular weight is 569 g/mol. The van der Waals surface area contributed by atoms with E-state index < -0.39 is 6.10 Å². The second-order valence-corrected chi connectivity index (χ2v) is 7.84. The summed E-state index contributed by atoms with van der Waals surface area (Å²) in [6, 6.07) is 13.3. The summed E-state index contributed by atoms with van der Waals surface area (Å²) >= 11 is 0. The molecule has 0 aliphatic heterocycles. The van der Waals surface area contributed by atoms with Gasteiger partial charge in [0.1, 0.15) is 5.75 Å². The zero-order valence-corrected chi connectivity index (χ0v) is 22.0. The molecule has 7 nitrogen and oxygen atoms in total. The van der Waals surface area contributed by atoms with Crippen molar-refractivity contribution in [1.82, 2.24) is 10.6 Å². The van der Waals surface area contributed by atoms with Crippen LogP contribution >= 0.6 is 24.0 Å². The Balaban J connectivity index is 0.00000385. The smallest absolute Gasteiger partial charge is 0.191 e. The van der Waals surface area contributed by atoms with Crippen molar-refractivity contribution in [2.75, 3.05) is 27.3 Å². The number of methoxy groups -OCH3 is 2. The van der Waals surface area contributed by atoms with E-state index in [-0.39, 0.29) is 30.1 Å². The lowest BCUT2D eigenvalue weighted by Crippen LogP contribution is -2.39. The van der Waals surface area contributed by atoms with Gasteiger partial charge in [-0.05, 0) is 56.4 Å². The standard InChI is InChI=1S/C25H35N3O4.HI/c1-4-26-25(28-17-22(29)18-12-14-20(30-2)15-13-18)27-16-19-8-7-11-23(31-3)24(19)32-21-9-5-6-10-21;/h7-8,11-15,21-22,29H,4-6,9-10,16-17H2,1-3H3,(H2,26,27,28);1H. The topological polar surface area (TPSA) is 84.3 Å². The highest BCUT2D eigenvalue weighted by Crippen LogP contribution is 2.35. The number of hydrogen-bond acceptors (Lipinski definition) is 5. The molecular weight excluding hydrogens is 533 g/mol. The lowest BCUT2D eigenvalue weighted by atomic mass is 10.1. The Bertz CT molecular complexity index is 870. The maximum atomic E-state index is 10.5. The minimum Gasteiger partial charge on any atom is -0.497 e. The fraction of sp³-hybridized carbons (Fsp3) is 0.480. The predicted molar refractivity (Wildman–Crippen MR) is 142 cm³/mol. The second-order valence-electron chi connectivity index (χ2n) is 7.84. The summed E-state index contributed by atoms with van der Waals surface area (Å²) in [6.45, 7) is 3.50. The molecule has 0 aromatic heterocycles. The summed E-state index contributed by atoms with van der Waals surface area (Å²) in [4.78, 5) is 4.72. The Morgan fingerprint density at radius 1 is 1.06 bits per heavy atom. The number of nitrogens with one attached hydrogen (secondary N) is 2. The molecule has 3 rings (SSSR count). The van der Waals surface area contributed by atoms with Gasteiger partial charge in [-0.3, -0.25) is 0 Å². The molecule has 0 saturated heterocycles. The molecule has 1 fully saturated rings. The normalized spacial score (nSPS) is 14.8. The molecule has 1 aliphatic carbocycles. The molecule has 2 aromatic rings. The first-order chi connectivity index (χ1) is 15.6. The highest BCUT2D eigenvalue weighted by atomic mass is 127. The molecule has 1 unspecified atom stereocenters. The van der Waals surface area contributed by atoms with E-state index in [0.717, 1.165) is 41.2 Å². The minimum atomic E-state index is -0.664. The van der Waals surface area contributed by atoms with Crippen LogP contribution in [0.5, 0.6) is 17.2 Å². The van der Waals surface area contributed by atoms with Gasteiger partial charge in [0.05, 0.1) is 33.0 Å². The molecule has 1 aliphatic rings. The summed E-state index contributed by atoms with van der Waals surface area (Å²) in [7, 11) is 3.29. The Kier molecular flexibility index (Phi) is 11.6. The number of guanidine groups is 1. The fourth-order valence-electron chi connectivity index (χ4n) is 3.80. The molecule has 0 amide bonds. The van der Waals surface area contributed by atoms with Crippen molar-refractivity contribution in [3.05, 3.63) is 53.6 Å². The average Bonchev–Trinajstić information content (AvgIpc) is 3.34. The minimum absolute atomic E-state index is 0. The number of halogens is 1. The Morgan fingerprint density at radius 3 is 2.42 bits per heavy atom. The van der Waals surface area contributed by atoms with Crippen molar-refractivity contribution in [2.24, 2.45) is 4.99 Å². The van der Waals surface area contributed by atoms with Crippen molar-refractivity contribution in [1.29, 1.82) is 0 Å². The zero-order chi connectivity index (χ0) is 22.8. The largest absolute Gasteiger partial charge is 0.497 e. The number of nitrogens with zero attached hydrogens (tertiary/aromatic N) is 1. The first-order valence-corrected chi connectivity index (χ1v) is 11.3. The van der Waals surface area contributed by atoms with Gasteiger partial charge in [-0.15, -0.1) is 24.0 Å². The van der Waals surface area contributed by atoms with Crippen molar-refractivity contribution in [2.45, 2.75) is 51.4 Å². The van der Waals surface area contributed by atoms with E-state index in [9.17, 15) is 5.11 Å². The highest BCUT2D eigenvalue weighted by molar-refractivity contribution is 14.0. The second kappa shape index (κ2) is 14.1. The molecule has 0 radical (unpaired) electrons. The van der Waals surface area contributed by atoms with Crippen LogP contribution < -0.4 is 24.8 Å². The number of para-hydroxylation sites is 1. The van der Waals surface area contributed by atoms with Gasteiger partial charge in [0.25, 0.3) is 0 Å². The monoisotopic (exact) mass is 569 g/mol. The van der Waals surface area contributed by atoms with Crippen LogP contribution in [0, 0.1) is 0 Å². The molecular formula is C25H36IN3O4. The molecule has 1 atom stereocenters. The fourth-order valence-corrected chi connectivity index (χ4v) is 3.80. The van der Waals surface area contributed by atoms with Gasteiger partial charge in [-0.1, -0.05) is 24.3 Å². The van der Waals surface area contributed by atoms with Crippen LogP contribution in [0.25, 0.3) is 0 Å². The molecule has 182 valence electrons. The maximum absolute atomic E-state index is 10.5. The van der Waals surface area contributed by atoms with Gasteiger partial charge in [-0.25, -0.2) is 4.99 Å². The van der Waals surface area contributed by atoms with Crippen molar-refractivity contribution < 1.29 is 19.3 Å². The lowest BCUT2D eigenvalue weighted by Gasteiger charge is -2.19. The van der Waals surface area contributed by atoms with Gasteiger partial charge >= 0.3 is 0 Å². The summed E-state index contributed by atoms with van der Waals surface area (Å²) in [5.41, 5.74) is 1.79. The third kappa shape index (κ3) is 7.96. The Hall–Kier alpha value is -2.20. The van der Waals surface area contributed by atoms with Crippen LogP contribution in [0.4, 0.5) is 0 Å². The molecule has 2 aromatic carbocycles. The number of aliphatic hydroxyl groups excluding tert-OH is 1. The van der Waals surface area contributed by atoms with E-state index in [1.807, 2.05) is 49.4 Å². The third-order valence-corrected chi connectivity index (χ3v) is 5.58. The van der Waals surface area contributed by atoms with Crippen LogP contribution in [0.2, 0.25) is 0 Å². The summed E-state index contributed by atoms with van der Waals surface area (Å²) < 4.78 is 17.0. The van der Waals surface area contributed by atoms with E-state index in [2.05, 4.69) is 10.6 Å².